The van der Waals surface area contributed by atoms with Crippen molar-refractivity contribution in [3.8, 4) is 5.75 Å². The van der Waals surface area contributed by atoms with Crippen molar-refractivity contribution in [3.05, 3.63) is 59.7 Å². The van der Waals surface area contributed by atoms with Crippen LogP contribution in [0.1, 0.15) is 29.8 Å². The Bertz CT molecular complexity index is 903. The van der Waals surface area contributed by atoms with Crippen molar-refractivity contribution in [2.45, 2.75) is 32.4 Å². The Morgan fingerprint density at radius 2 is 1.97 bits per heavy atom. The minimum atomic E-state index is -0.326. The molecule has 1 aliphatic rings. The van der Waals surface area contributed by atoms with Gasteiger partial charge in [0.2, 0.25) is 5.91 Å². The first kappa shape index (κ1) is 22.8. The van der Waals surface area contributed by atoms with Crippen LogP contribution < -0.4 is 15.4 Å². The standard InChI is InChI=1S/C24H31N3O4/c1-16-14-27(17(2)15-28)24(30)19-10-7-11-20(23(19)31-21(16)13-25-3)26-22(29)12-18-8-5-4-6-9-18/h4-11,16-17,21,25,28H,12-15H2,1-3H3,(H,26,29)/t16-,17+,21+/m0/s1. The maximum atomic E-state index is 13.3. The van der Waals surface area contributed by atoms with Gasteiger partial charge in [-0.1, -0.05) is 43.3 Å². The number of amides is 2. The second-order valence-electron chi connectivity index (χ2n) is 8.07. The summed E-state index contributed by atoms with van der Waals surface area (Å²) < 4.78 is 6.32. The summed E-state index contributed by atoms with van der Waals surface area (Å²) in [4.78, 5) is 27.7. The molecule has 7 heteroatoms. The molecule has 0 unspecified atom stereocenters. The Morgan fingerprint density at radius 1 is 1.23 bits per heavy atom. The summed E-state index contributed by atoms with van der Waals surface area (Å²) in [5.41, 5.74) is 1.75. The van der Waals surface area contributed by atoms with Gasteiger partial charge in [0.1, 0.15) is 6.10 Å². The fourth-order valence-corrected chi connectivity index (χ4v) is 3.76. The van der Waals surface area contributed by atoms with Crippen molar-refractivity contribution in [3.63, 3.8) is 0 Å². The number of ether oxygens (including phenoxy) is 1. The van der Waals surface area contributed by atoms with Crippen LogP contribution in [0, 0.1) is 5.92 Å². The van der Waals surface area contributed by atoms with Gasteiger partial charge in [-0.15, -0.1) is 0 Å². The molecule has 2 aromatic rings. The van der Waals surface area contributed by atoms with Crippen LogP contribution in [0.3, 0.4) is 0 Å². The van der Waals surface area contributed by atoms with E-state index in [1.165, 1.54) is 0 Å². The number of likely N-dealkylation sites (N-methyl/N-ethyl adjacent to an activating group) is 1. The zero-order valence-electron chi connectivity index (χ0n) is 18.3. The van der Waals surface area contributed by atoms with E-state index in [9.17, 15) is 14.7 Å². The number of hydrogen-bond donors (Lipinski definition) is 3. The van der Waals surface area contributed by atoms with E-state index in [2.05, 4.69) is 10.6 Å². The van der Waals surface area contributed by atoms with Gasteiger partial charge in [-0.05, 0) is 31.7 Å². The number of hydrogen-bond acceptors (Lipinski definition) is 5. The van der Waals surface area contributed by atoms with E-state index in [0.29, 0.717) is 30.1 Å². The maximum Gasteiger partial charge on any atom is 0.258 e. The molecule has 1 aliphatic heterocycles. The molecule has 0 spiro atoms. The van der Waals surface area contributed by atoms with Crippen molar-refractivity contribution in [2.75, 3.05) is 32.1 Å². The fraction of sp³-hybridized carbons (Fsp3) is 0.417. The fourth-order valence-electron chi connectivity index (χ4n) is 3.76. The summed E-state index contributed by atoms with van der Waals surface area (Å²) in [5, 5.41) is 15.8. The SMILES string of the molecule is CNC[C@H]1Oc2c(NC(=O)Cc3ccccc3)cccc2C(=O)N([C@H](C)CO)C[C@@H]1C. The average Bonchev–Trinajstić information content (AvgIpc) is 2.76. The molecule has 0 radical (unpaired) electrons. The third kappa shape index (κ3) is 5.42. The van der Waals surface area contributed by atoms with Crippen LogP contribution in [0.15, 0.2) is 48.5 Å². The highest BCUT2D eigenvalue weighted by Crippen LogP contribution is 2.34. The molecule has 2 amide bonds. The summed E-state index contributed by atoms with van der Waals surface area (Å²) in [5.74, 6) is -0.00977. The number of anilines is 1. The summed E-state index contributed by atoms with van der Waals surface area (Å²) in [6.07, 6.45) is 0.0140. The Balaban J connectivity index is 1.95. The van der Waals surface area contributed by atoms with Crippen molar-refractivity contribution in [1.82, 2.24) is 10.2 Å². The summed E-state index contributed by atoms with van der Waals surface area (Å²) >= 11 is 0. The van der Waals surface area contributed by atoms with Crippen molar-refractivity contribution >= 4 is 17.5 Å². The van der Waals surface area contributed by atoms with Crippen LogP contribution in [0.5, 0.6) is 5.75 Å². The lowest BCUT2D eigenvalue weighted by Crippen LogP contribution is -2.49. The first-order valence-corrected chi connectivity index (χ1v) is 10.6. The second kappa shape index (κ2) is 10.4. The van der Waals surface area contributed by atoms with Gasteiger partial charge in [0, 0.05) is 19.0 Å². The van der Waals surface area contributed by atoms with Gasteiger partial charge in [0.05, 0.1) is 30.3 Å². The van der Waals surface area contributed by atoms with Crippen LogP contribution in [-0.2, 0) is 11.2 Å². The number of rotatable bonds is 7. The highest BCUT2D eigenvalue weighted by atomic mass is 16.5. The first-order valence-electron chi connectivity index (χ1n) is 10.6. The third-order valence-corrected chi connectivity index (χ3v) is 5.58. The molecule has 3 N–H and O–H groups in total. The van der Waals surface area contributed by atoms with E-state index in [-0.39, 0.29) is 42.9 Å². The number of nitrogens with zero attached hydrogens (tertiary/aromatic N) is 1. The largest absolute Gasteiger partial charge is 0.486 e. The zero-order valence-corrected chi connectivity index (χ0v) is 18.3. The van der Waals surface area contributed by atoms with Crippen molar-refractivity contribution in [1.29, 1.82) is 0 Å². The van der Waals surface area contributed by atoms with Crippen LogP contribution in [-0.4, -0.2) is 60.7 Å². The molecule has 166 valence electrons. The van der Waals surface area contributed by atoms with Gasteiger partial charge in [-0.3, -0.25) is 9.59 Å². The minimum absolute atomic E-state index is 0.0200. The van der Waals surface area contributed by atoms with E-state index < -0.39 is 0 Å². The second-order valence-corrected chi connectivity index (χ2v) is 8.07. The van der Waals surface area contributed by atoms with Gasteiger partial charge in [-0.2, -0.15) is 0 Å². The van der Waals surface area contributed by atoms with Crippen molar-refractivity contribution < 1.29 is 19.4 Å². The minimum Gasteiger partial charge on any atom is -0.486 e. The zero-order chi connectivity index (χ0) is 22.4. The molecular weight excluding hydrogens is 394 g/mol. The molecule has 31 heavy (non-hydrogen) atoms. The highest BCUT2D eigenvalue weighted by Gasteiger charge is 2.33. The molecule has 3 rings (SSSR count). The lowest BCUT2D eigenvalue weighted by atomic mass is 9.99. The summed E-state index contributed by atoms with van der Waals surface area (Å²) in [7, 11) is 1.85. The van der Waals surface area contributed by atoms with Gasteiger partial charge < -0.3 is 25.4 Å². The molecule has 0 bridgehead atoms. The number of benzene rings is 2. The molecule has 3 atom stereocenters. The number of carbonyl (C=O) groups is 2. The van der Waals surface area contributed by atoms with Gasteiger partial charge in [0.25, 0.3) is 5.91 Å². The predicted molar refractivity (Wildman–Crippen MR) is 120 cm³/mol. The molecule has 0 saturated carbocycles. The first-order chi connectivity index (χ1) is 14.9. The summed E-state index contributed by atoms with van der Waals surface area (Å²) in [6, 6.07) is 14.3. The highest BCUT2D eigenvalue weighted by molar-refractivity contribution is 6.02. The lowest BCUT2D eigenvalue weighted by Gasteiger charge is -2.37. The number of para-hydroxylation sites is 1. The van der Waals surface area contributed by atoms with Crippen LogP contribution in [0.2, 0.25) is 0 Å². The smallest absolute Gasteiger partial charge is 0.258 e. The van der Waals surface area contributed by atoms with Crippen LogP contribution >= 0.6 is 0 Å². The molecule has 0 fully saturated rings. The van der Waals surface area contributed by atoms with Gasteiger partial charge in [0.15, 0.2) is 5.75 Å². The molecule has 0 saturated heterocycles. The molecule has 0 aromatic heterocycles. The Morgan fingerprint density at radius 3 is 2.65 bits per heavy atom. The monoisotopic (exact) mass is 425 g/mol. The normalized spacial score (nSPS) is 19.6. The average molecular weight is 426 g/mol. The van der Waals surface area contributed by atoms with E-state index in [4.69, 9.17) is 4.74 Å². The van der Waals surface area contributed by atoms with Crippen LogP contribution in [0.4, 0.5) is 5.69 Å². The molecule has 7 nitrogen and oxygen atoms in total. The number of nitrogens with one attached hydrogen (secondary N) is 2. The Kier molecular flexibility index (Phi) is 7.65. The van der Waals surface area contributed by atoms with E-state index in [0.717, 1.165) is 5.56 Å². The van der Waals surface area contributed by atoms with Crippen LogP contribution in [0.25, 0.3) is 0 Å². The molecule has 0 aliphatic carbocycles. The molecule has 2 aromatic carbocycles. The van der Waals surface area contributed by atoms with Crippen molar-refractivity contribution in [2.24, 2.45) is 5.92 Å². The third-order valence-electron chi connectivity index (χ3n) is 5.58. The topological polar surface area (TPSA) is 90.9 Å². The molecule has 1 heterocycles. The van der Waals surface area contributed by atoms with E-state index in [1.54, 1.807) is 23.1 Å². The number of aliphatic hydroxyl groups excluding tert-OH is 1. The lowest BCUT2D eigenvalue weighted by molar-refractivity contribution is -0.115. The number of aliphatic hydroxyl groups is 1. The molecular formula is C24H31N3O4. The van der Waals surface area contributed by atoms with Gasteiger partial charge >= 0.3 is 0 Å². The Hall–Kier alpha value is -2.90. The maximum absolute atomic E-state index is 13.3. The van der Waals surface area contributed by atoms with Gasteiger partial charge in [-0.25, -0.2) is 0 Å². The predicted octanol–water partition coefficient (Wildman–Crippen LogP) is 2.31. The quantitative estimate of drug-likeness (QED) is 0.633. The summed E-state index contributed by atoms with van der Waals surface area (Å²) in [6.45, 7) is 4.78. The number of fused-ring (bicyclic) bond motifs is 1. The van der Waals surface area contributed by atoms with E-state index >= 15 is 0 Å². The van der Waals surface area contributed by atoms with E-state index in [1.807, 2.05) is 51.2 Å². The number of carbonyl (C=O) groups excluding carboxylic acids is 2. The Labute approximate surface area is 183 Å².